The Bertz CT molecular complexity index is 1000. The highest BCUT2D eigenvalue weighted by Crippen LogP contribution is 2.34. The van der Waals surface area contributed by atoms with Gasteiger partial charge >= 0.3 is 0 Å². The van der Waals surface area contributed by atoms with Gasteiger partial charge in [-0.15, -0.1) is 0 Å². The Balaban J connectivity index is 1.68. The average Bonchev–Trinajstić information content (AvgIpc) is 2.66. The van der Waals surface area contributed by atoms with Gasteiger partial charge in [0, 0.05) is 6.42 Å². The Morgan fingerprint density at radius 1 is 0.893 bits per heavy atom. The predicted octanol–water partition coefficient (Wildman–Crippen LogP) is 7.76. The molecule has 0 spiro atoms. The van der Waals surface area contributed by atoms with Gasteiger partial charge in [-0.3, -0.25) is 0 Å². The van der Waals surface area contributed by atoms with Crippen molar-refractivity contribution in [2.45, 2.75) is 53.2 Å². The standard InChI is InChI=1S/C24H26BrIO2/c1-14-12-22(23(25)18(5)17(14)4)28-16(3)13-15(2)27-21-11-10-19-8-6-7-9-20(19)24(21)26/h6-12,15-16H,13H2,1-5H3/t15-,16-/m0/s1. The minimum atomic E-state index is 0.0472. The van der Waals surface area contributed by atoms with E-state index in [2.05, 4.69) is 116 Å². The van der Waals surface area contributed by atoms with Crippen molar-refractivity contribution in [2.24, 2.45) is 0 Å². The molecule has 3 aromatic rings. The summed E-state index contributed by atoms with van der Waals surface area (Å²) in [5.74, 6) is 1.84. The number of hydrogen-bond donors (Lipinski definition) is 0. The van der Waals surface area contributed by atoms with Crippen molar-refractivity contribution in [3.63, 3.8) is 0 Å². The number of halogens is 2. The molecule has 3 rings (SSSR count). The molecule has 0 saturated heterocycles. The molecule has 0 aliphatic heterocycles. The van der Waals surface area contributed by atoms with Crippen LogP contribution in [0.3, 0.4) is 0 Å². The van der Waals surface area contributed by atoms with Crippen LogP contribution < -0.4 is 9.47 Å². The second kappa shape index (κ2) is 9.04. The van der Waals surface area contributed by atoms with Crippen molar-refractivity contribution in [3.8, 4) is 11.5 Å². The van der Waals surface area contributed by atoms with E-state index in [0.717, 1.165) is 26.0 Å². The van der Waals surface area contributed by atoms with Gasteiger partial charge in [0.15, 0.2) is 0 Å². The van der Waals surface area contributed by atoms with Crippen molar-refractivity contribution in [1.82, 2.24) is 0 Å². The van der Waals surface area contributed by atoms with Crippen LogP contribution in [-0.2, 0) is 0 Å². The van der Waals surface area contributed by atoms with Crippen LogP contribution >= 0.6 is 38.5 Å². The minimum absolute atomic E-state index is 0.0472. The highest BCUT2D eigenvalue weighted by molar-refractivity contribution is 14.1. The highest BCUT2D eigenvalue weighted by atomic mass is 127. The van der Waals surface area contributed by atoms with Gasteiger partial charge < -0.3 is 9.47 Å². The SMILES string of the molecule is Cc1cc(O[C@@H](C)C[C@H](C)Oc2ccc3ccccc3c2I)c(Br)c(C)c1C. The summed E-state index contributed by atoms with van der Waals surface area (Å²) in [5.41, 5.74) is 3.78. The largest absolute Gasteiger partial charge is 0.489 e. The number of rotatable bonds is 6. The molecule has 0 aromatic heterocycles. The molecule has 0 bridgehead atoms. The van der Waals surface area contributed by atoms with E-state index < -0.39 is 0 Å². The van der Waals surface area contributed by atoms with Gasteiger partial charge in [-0.2, -0.15) is 0 Å². The quantitative estimate of drug-likeness (QED) is 0.291. The van der Waals surface area contributed by atoms with Crippen LogP contribution in [0.1, 0.15) is 37.0 Å². The first-order chi connectivity index (χ1) is 13.3. The molecule has 148 valence electrons. The molecule has 2 nitrogen and oxygen atoms in total. The third-order valence-electron chi connectivity index (χ3n) is 5.20. The fourth-order valence-corrected chi connectivity index (χ4v) is 4.70. The lowest BCUT2D eigenvalue weighted by Crippen LogP contribution is -2.23. The summed E-state index contributed by atoms with van der Waals surface area (Å²) >= 11 is 6.07. The van der Waals surface area contributed by atoms with E-state index in [4.69, 9.17) is 9.47 Å². The summed E-state index contributed by atoms with van der Waals surface area (Å²) in [4.78, 5) is 0. The molecule has 0 fully saturated rings. The van der Waals surface area contributed by atoms with Gasteiger partial charge in [0.05, 0.1) is 20.3 Å². The molecule has 0 aliphatic carbocycles. The van der Waals surface area contributed by atoms with E-state index in [1.807, 2.05) is 0 Å². The van der Waals surface area contributed by atoms with E-state index in [1.165, 1.54) is 27.5 Å². The summed E-state index contributed by atoms with van der Waals surface area (Å²) in [6, 6.07) is 14.7. The smallest absolute Gasteiger partial charge is 0.134 e. The Hall–Kier alpha value is -1.27. The van der Waals surface area contributed by atoms with Gasteiger partial charge in [0.25, 0.3) is 0 Å². The number of hydrogen-bond acceptors (Lipinski definition) is 2. The van der Waals surface area contributed by atoms with Crippen molar-refractivity contribution in [3.05, 3.63) is 67.2 Å². The topological polar surface area (TPSA) is 18.5 Å². The Morgan fingerprint density at radius 3 is 2.25 bits per heavy atom. The van der Waals surface area contributed by atoms with E-state index in [-0.39, 0.29) is 12.2 Å². The third-order valence-corrected chi connectivity index (χ3v) is 7.29. The first-order valence-corrected chi connectivity index (χ1v) is 11.4. The highest BCUT2D eigenvalue weighted by Gasteiger charge is 2.17. The van der Waals surface area contributed by atoms with Crippen molar-refractivity contribution >= 4 is 49.3 Å². The zero-order chi connectivity index (χ0) is 20.4. The first-order valence-electron chi connectivity index (χ1n) is 9.54. The van der Waals surface area contributed by atoms with Crippen LogP contribution in [0.4, 0.5) is 0 Å². The molecule has 3 aromatic carbocycles. The third kappa shape index (κ3) is 4.65. The molecule has 28 heavy (non-hydrogen) atoms. The van der Waals surface area contributed by atoms with Gasteiger partial charge in [-0.1, -0.05) is 30.3 Å². The molecule has 0 saturated carbocycles. The minimum Gasteiger partial charge on any atom is -0.489 e. The Labute approximate surface area is 189 Å². The Kier molecular flexibility index (Phi) is 6.92. The van der Waals surface area contributed by atoms with E-state index >= 15 is 0 Å². The second-order valence-corrected chi connectivity index (χ2v) is 9.32. The van der Waals surface area contributed by atoms with Crippen LogP contribution in [0.15, 0.2) is 46.9 Å². The molecular formula is C24H26BrIO2. The normalized spacial score (nSPS) is 13.4. The number of fused-ring (bicyclic) bond motifs is 1. The maximum Gasteiger partial charge on any atom is 0.134 e. The summed E-state index contributed by atoms with van der Waals surface area (Å²) < 4.78 is 14.7. The van der Waals surface area contributed by atoms with Crippen LogP contribution in [0.5, 0.6) is 11.5 Å². The molecule has 4 heteroatoms. The van der Waals surface area contributed by atoms with Crippen molar-refractivity contribution < 1.29 is 9.47 Å². The first kappa shape index (κ1) is 21.4. The van der Waals surface area contributed by atoms with E-state index in [0.29, 0.717) is 0 Å². The fraction of sp³-hybridized carbons (Fsp3) is 0.333. The lowest BCUT2D eigenvalue weighted by molar-refractivity contribution is 0.130. The molecule has 0 heterocycles. The van der Waals surface area contributed by atoms with Crippen LogP contribution in [0, 0.1) is 24.3 Å². The maximum atomic E-state index is 6.26. The van der Waals surface area contributed by atoms with Gasteiger partial charge in [-0.25, -0.2) is 0 Å². The molecular weight excluding hydrogens is 527 g/mol. The molecule has 0 aliphatic rings. The van der Waals surface area contributed by atoms with Crippen LogP contribution in [0.25, 0.3) is 10.8 Å². The zero-order valence-corrected chi connectivity index (χ0v) is 20.7. The van der Waals surface area contributed by atoms with E-state index in [9.17, 15) is 0 Å². The number of aryl methyl sites for hydroxylation is 1. The summed E-state index contributed by atoms with van der Waals surface area (Å²) in [5, 5.41) is 2.46. The Morgan fingerprint density at radius 2 is 1.54 bits per heavy atom. The predicted molar refractivity (Wildman–Crippen MR) is 130 cm³/mol. The lowest BCUT2D eigenvalue weighted by Gasteiger charge is -2.23. The molecule has 2 atom stereocenters. The number of ether oxygens (including phenoxy) is 2. The molecule has 0 radical (unpaired) electrons. The van der Waals surface area contributed by atoms with Gasteiger partial charge in [0.1, 0.15) is 11.5 Å². The van der Waals surface area contributed by atoms with Crippen molar-refractivity contribution in [1.29, 1.82) is 0 Å². The lowest BCUT2D eigenvalue weighted by atomic mass is 10.0. The summed E-state index contributed by atoms with van der Waals surface area (Å²) in [6.07, 6.45) is 0.906. The van der Waals surface area contributed by atoms with Crippen LogP contribution in [-0.4, -0.2) is 12.2 Å². The molecule has 0 unspecified atom stereocenters. The van der Waals surface area contributed by atoms with Crippen LogP contribution in [0.2, 0.25) is 0 Å². The summed E-state index contributed by atoms with van der Waals surface area (Å²) in [6.45, 7) is 10.6. The number of benzene rings is 3. The fourth-order valence-electron chi connectivity index (χ4n) is 3.40. The summed E-state index contributed by atoms with van der Waals surface area (Å²) in [7, 11) is 0. The monoisotopic (exact) mass is 552 g/mol. The van der Waals surface area contributed by atoms with E-state index in [1.54, 1.807) is 0 Å². The average molecular weight is 553 g/mol. The molecule has 0 N–H and O–H groups in total. The molecule has 0 amide bonds. The second-order valence-electron chi connectivity index (χ2n) is 7.45. The van der Waals surface area contributed by atoms with Gasteiger partial charge in [0.2, 0.25) is 0 Å². The van der Waals surface area contributed by atoms with Gasteiger partial charge in [-0.05, 0) is 113 Å². The maximum absolute atomic E-state index is 6.26. The zero-order valence-electron chi connectivity index (χ0n) is 17.0. The van der Waals surface area contributed by atoms with Crippen molar-refractivity contribution in [2.75, 3.05) is 0 Å².